The second-order valence-corrected chi connectivity index (χ2v) is 6.61. The summed E-state index contributed by atoms with van der Waals surface area (Å²) in [5, 5.41) is 9.84. The first-order chi connectivity index (χ1) is 11.2. The molecule has 1 aliphatic rings. The molecular weight excluding hydrogens is 304 g/mol. The number of hydrogen-bond acceptors (Lipinski definition) is 4. The van der Waals surface area contributed by atoms with Crippen LogP contribution in [0.4, 0.5) is 0 Å². The van der Waals surface area contributed by atoms with Gasteiger partial charge in [-0.2, -0.15) is 0 Å². The molecule has 1 fully saturated rings. The Morgan fingerprint density at radius 2 is 1.67 bits per heavy atom. The Balaban J connectivity index is 2.52. The molecule has 1 N–H and O–H groups in total. The number of allylic oxidation sites excluding steroid dienone is 2. The van der Waals surface area contributed by atoms with E-state index in [0.29, 0.717) is 5.56 Å². The third-order valence-electron chi connectivity index (χ3n) is 4.84. The molecule has 1 aromatic rings. The van der Waals surface area contributed by atoms with Gasteiger partial charge in [0.15, 0.2) is 17.3 Å². The number of carbonyl (C=O) groups is 3. The van der Waals surface area contributed by atoms with Crippen molar-refractivity contribution in [2.45, 2.75) is 59.8 Å². The zero-order valence-corrected chi connectivity index (χ0v) is 14.9. The normalized spacial score (nSPS) is 18.0. The van der Waals surface area contributed by atoms with Crippen LogP contribution in [-0.2, 0) is 9.59 Å². The molecule has 4 heteroatoms. The number of aliphatic hydroxyl groups is 1. The summed E-state index contributed by atoms with van der Waals surface area (Å²) in [6.45, 7) is 8.98. The van der Waals surface area contributed by atoms with Crippen LogP contribution < -0.4 is 0 Å². The Morgan fingerprint density at radius 3 is 2.12 bits per heavy atom. The first kappa shape index (κ1) is 18.1. The minimum Gasteiger partial charge on any atom is -0.511 e. The van der Waals surface area contributed by atoms with Crippen molar-refractivity contribution in [3.8, 4) is 0 Å². The van der Waals surface area contributed by atoms with Crippen LogP contribution in [0.5, 0.6) is 0 Å². The molecule has 0 aromatic heterocycles. The zero-order valence-electron chi connectivity index (χ0n) is 14.9. The van der Waals surface area contributed by atoms with E-state index < -0.39 is 0 Å². The molecule has 0 aliphatic heterocycles. The van der Waals surface area contributed by atoms with E-state index >= 15 is 0 Å². The Kier molecular flexibility index (Phi) is 5.07. The highest BCUT2D eigenvalue weighted by molar-refractivity contribution is 6.22. The summed E-state index contributed by atoms with van der Waals surface area (Å²) in [7, 11) is 0. The van der Waals surface area contributed by atoms with E-state index in [2.05, 4.69) is 0 Å². The van der Waals surface area contributed by atoms with Gasteiger partial charge in [-0.1, -0.05) is 13.0 Å². The van der Waals surface area contributed by atoms with Gasteiger partial charge in [0.1, 0.15) is 5.76 Å². The van der Waals surface area contributed by atoms with E-state index in [4.69, 9.17) is 0 Å². The Morgan fingerprint density at radius 1 is 1.12 bits per heavy atom. The van der Waals surface area contributed by atoms with Crippen molar-refractivity contribution in [2.75, 3.05) is 0 Å². The summed E-state index contributed by atoms with van der Waals surface area (Å²) in [5.41, 5.74) is 4.32. The fraction of sp³-hybridized carbons (Fsp3) is 0.450. The molecule has 0 unspecified atom stereocenters. The lowest BCUT2D eigenvalue weighted by Crippen LogP contribution is -2.27. The van der Waals surface area contributed by atoms with Crippen LogP contribution in [0.15, 0.2) is 17.4 Å². The van der Waals surface area contributed by atoms with Gasteiger partial charge in [0, 0.05) is 24.8 Å². The second-order valence-electron chi connectivity index (χ2n) is 6.61. The molecule has 0 radical (unpaired) electrons. The van der Waals surface area contributed by atoms with Gasteiger partial charge in [0.2, 0.25) is 0 Å². The average Bonchev–Trinajstić information content (AvgIpc) is 2.45. The van der Waals surface area contributed by atoms with Crippen molar-refractivity contribution < 1.29 is 19.5 Å². The van der Waals surface area contributed by atoms with Gasteiger partial charge in [-0.05, 0) is 55.9 Å². The quantitative estimate of drug-likeness (QED) is 0.393. The van der Waals surface area contributed by atoms with Crippen LogP contribution >= 0.6 is 0 Å². The number of benzene rings is 1. The maximum absolute atomic E-state index is 12.4. The van der Waals surface area contributed by atoms with E-state index in [0.717, 1.165) is 22.3 Å². The molecule has 1 aliphatic carbocycles. The van der Waals surface area contributed by atoms with E-state index in [1.54, 1.807) is 6.92 Å². The lowest BCUT2D eigenvalue weighted by Gasteiger charge is -2.27. The molecule has 0 bridgehead atoms. The SMILES string of the molecule is CCC(O)=C1C(=O)CC(c2c(C)cc(C)c(C(C)=O)c2C)CC1=O. The van der Waals surface area contributed by atoms with Crippen molar-refractivity contribution in [2.24, 2.45) is 0 Å². The predicted octanol–water partition coefficient (Wildman–Crippen LogP) is 4.05. The van der Waals surface area contributed by atoms with Gasteiger partial charge in [-0.25, -0.2) is 0 Å². The summed E-state index contributed by atoms with van der Waals surface area (Å²) < 4.78 is 0. The van der Waals surface area contributed by atoms with Gasteiger partial charge in [-0.15, -0.1) is 0 Å². The topological polar surface area (TPSA) is 71.4 Å². The summed E-state index contributed by atoms with van der Waals surface area (Å²) in [6, 6.07) is 1.95. The molecule has 0 heterocycles. The molecule has 24 heavy (non-hydrogen) atoms. The van der Waals surface area contributed by atoms with E-state index in [9.17, 15) is 19.5 Å². The molecule has 0 saturated heterocycles. The zero-order chi connectivity index (χ0) is 18.2. The van der Waals surface area contributed by atoms with Gasteiger partial charge < -0.3 is 5.11 Å². The smallest absolute Gasteiger partial charge is 0.170 e. The Bertz CT molecular complexity index is 748. The second kappa shape index (κ2) is 6.71. The van der Waals surface area contributed by atoms with Crippen LogP contribution in [0.1, 0.15) is 71.6 Å². The molecule has 1 saturated carbocycles. The van der Waals surface area contributed by atoms with Crippen LogP contribution in [0.25, 0.3) is 0 Å². The molecule has 0 atom stereocenters. The third kappa shape index (κ3) is 3.05. The maximum Gasteiger partial charge on any atom is 0.170 e. The standard InChI is InChI=1S/C20H24O4/c1-6-15(22)20-16(23)8-14(9-17(20)24)19-11(3)7-10(2)18(12(19)4)13(5)21/h7,14,22H,6,8-9H2,1-5H3. The van der Waals surface area contributed by atoms with Crippen LogP contribution in [0, 0.1) is 20.8 Å². The number of ketones is 3. The minimum atomic E-state index is -0.306. The molecule has 4 nitrogen and oxygen atoms in total. The number of Topliss-reactive ketones (excluding diaryl/α,β-unsaturated/α-hetero) is 3. The van der Waals surface area contributed by atoms with Crippen LogP contribution in [0.2, 0.25) is 0 Å². The van der Waals surface area contributed by atoms with Crippen LogP contribution in [-0.4, -0.2) is 22.5 Å². The Hall–Kier alpha value is -2.23. The molecule has 128 valence electrons. The highest BCUT2D eigenvalue weighted by Gasteiger charge is 2.35. The largest absolute Gasteiger partial charge is 0.511 e. The molecule has 2 rings (SSSR count). The van der Waals surface area contributed by atoms with Gasteiger partial charge in [-0.3, -0.25) is 14.4 Å². The number of aryl methyl sites for hydroxylation is 2. The van der Waals surface area contributed by atoms with Gasteiger partial charge in [0.05, 0.1) is 5.57 Å². The molecule has 0 spiro atoms. The van der Waals surface area contributed by atoms with Crippen molar-refractivity contribution >= 4 is 17.3 Å². The summed E-state index contributed by atoms with van der Waals surface area (Å²) in [4.78, 5) is 36.8. The Labute approximate surface area is 142 Å². The molecule has 0 amide bonds. The fourth-order valence-corrected chi connectivity index (χ4v) is 3.95. The summed E-state index contributed by atoms with van der Waals surface area (Å²) in [6.07, 6.45) is 0.648. The number of rotatable bonds is 3. The molecular formula is C20H24O4. The average molecular weight is 328 g/mol. The number of carbonyl (C=O) groups excluding carboxylic acids is 3. The highest BCUT2D eigenvalue weighted by atomic mass is 16.3. The van der Waals surface area contributed by atoms with E-state index in [1.807, 2.05) is 26.8 Å². The summed E-state index contributed by atoms with van der Waals surface area (Å²) >= 11 is 0. The lowest BCUT2D eigenvalue weighted by atomic mass is 9.75. The van der Waals surface area contributed by atoms with Gasteiger partial charge in [0.25, 0.3) is 0 Å². The minimum absolute atomic E-state index is 0.0103. The molecule has 1 aromatic carbocycles. The maximum atomic E-state index is 12.4. The van der Waals surface area contributed by atoms with Crippen molar-refractivity contribution in [3.63, 3.8) is 0 Å². The number of hydrogen-bond donors (Lipinski definition) is 1. The lowest BCUT2D eigenvalue weighted by molar-refractivity contribution is -0.124. The first-order valence-corrected chi connectivity index (χ1v) is 8.29. The van der Waals surface area contributed by atoms with Crippen LogP contribution in [0.3, 0.4) is 0 Å². The van der Waals surface area contributed by atoms with E-state index in [-0.39, 0.29) is 53.9 Å². The van der Waals surface area contributed by atoms with Crippen molar-refractivity contribution in [1.82, 2.24) is 0 Å². The number of aliphatic hydroxyl groups excluding tert-OH is 1. The van der Waals surface area contributed by atoms with Gasteiger partial charge >= 0.3 is 0 Å². The van der Waals surface area contributed by atoms with Crippen molar-refractivity contribution in [1.29, 1.82) is 0 Å². The van der Waals surface area contributed by atoms with E-state index in [1.165, 1.54) is 6.92 Å². The predicted molar refractivity (Wildman–Crippen MR) is 92.6 cm³/mol. The monoisotopic (exact) mass is 328 g/mol. The fourth-order valence-electron chi connectivity index (χ4n) is 3.95. The van der Waals surface area contributed by atoms with Crippen molar-refractivity contribution in [3.05, 3.63) is 45.2 Å². The summed E-state index contributed by atoms with van der Waals surface area (Å²) in [5.74, 6) is -0.982. The highest BCUT2D eigenvalue weighted by Crippen LogP contribution is 2.38. The third-order valence-corrected chi connectivity index (χ3v) is 4.84. The first-order valence-electron chi connectivity index (χ1n) is 8.29.